The van der Waals surface area contributed by atoms with Crippen LogP contribution in [0.2, 0.25) is 0 Å². The smallest absolute Gasteiger partial charge is 0.303 e. The summed E-state index contributed by atoms with van der Waals surface area (Å²) in [5.41, 5.74) is 0.273. The van der Waals surface area contributed by atoms with Gasteiger partial charge in [0.2, 0.25) is 0 Å². The van der Waals surface area contributed by atoms with E-state index in [2.05, 4.69) is 19.9 Å². The monoisotopic (exact) mass is 168 g/mol. The van der Waals surface area contributed by atoms with Crippen molar-refractivity contribution < 1.29 is 9.53 Å². The molecular weight excluding hydrogens is 152 g/mol. The highest BCUT2D eigenvalue weighted by molar-refractivity contribution is 5.66. The SMILES string of the molecule is CC(=O)O[C@@H]1C=CCC(C)(C)C1. The second-order valence-electron chi connectivity index (χ2n) is 4.15. The van der Waals surface area contributed by atoms with E-state index in [1.807, 2.05) is 6.08 Å². The molecular formula is C10H16O2. The number of carbonyl (C=O) groups excluding carboxylic acids is 1. The van der Waals surface area contributed by atoms with Crippen molar-refractivity contribution in [2.45, 2.75) is 39.7 Å². The Hall–Kier alpha value is -0.790. The van der Waals surface area contributed by atoms with Crippen molar-refractivity contribution in [1.29, 1.82) is 0 Å². The molecule has 68 valence electrons. The zero-order valence-corrected chi connectivity index (χ0v) is 7.96. The molecule has 2 nitrogen and oxygen atoms in total. The van der Waals surface area contributed by atoms with Crippen LogP contribution in [-0.4, -0.2) is 12.1 Å². The maximum Gasteiger partial charge on any atom is 0.303 e. The van der Waals surface area contributed by atoms with Crippen LogP contribution in [0.4, 0.5) is 0 Å². The van der Waals surface area contributed by atoms with Gasteiger partial charge in [-0.3, -0.25) is 4.79 Å². The molecule has 0 N–H and O–H groups in total. The summed E-state index contributed by atoms with van der Waals surface area (Å²) in [5.74, 6) is -0.192. The molecule has 12 heavy (non-hydrogen) atoms. The maximum atomic E-state index is 10.7. The number of rotatable bonds is 1. The van der Waals surface area contributed by atoms with Gasteiger partial charge in [0.15, 0.2) is 0 Å². The molecule has 1 aliphatic carbocycles. The molecule has 2 heteroatoms. The highest BCUT2D eigenvalue weighted by atomic mass is 16.5. The molecule has 0 aromatic heterocycles. The number of hydrogen-bond acceptors (Lipinski definition) is 2. The van der Waals surface area contributed by atoms with Gasteiger partial charge in [0.05, 0.1) is 0 Å². The lowest BCUT2D eigenvalue weighted by atomic mass is 9.80. The Morgan fingerprint density at radius 3 is 2.75 bits per heavy atom. The third-order valence-electron chi connectivity index (χ3n) is 2.09. The lowest BCUT2D eigenvalue weighted by Gasteiger charge is -2.30. The average molecular weight is 168 g/mol. The number of ether oxygens (including phenoxy) is 1. The van der Waals surface area contributed by atoms with Gasteiger partial charge >= 0.3 is 5.97 Å². The molecule has 1 rings (SSSR count). The molecule has 0 unspecified atom stereocenters. The predicted molar refractivity (Wildman–Crippen MR) is 47.7 cm³/mol. The first-order valence-electron chi connectivity index (χ1n) is 4.33. The van der Waals surface area contributed by atoms with Gasteiger partial charge in [-0.2, -0.15) is 0 Å². The molecule has 1 atom stereocenters. The molecule has 0 fully saturated rings. The Kier molecular flexibility index (Phi) is 2.55. The predicted octanol–water partition coefficient (Wildman–Crippen LogP) is 2.29. The summed E-state index contributed by atoms with van der Waals surface area (Å²) >= 11 is 0. The fraction of sp³-hybridized carbons (Fsp3) is 0.700. The van der Waals surface area contributed by atoms with Crippen LogP contribution in [0.1, 0.15) is 33.6 Å². The van der Waals surface area contributed by atoms with Gasteiger partial charge < -0.3 is 4.74 Å². The van der Waals surface area contributed by atoms with E-state index in [9.17, 15) is 4.79 Å². The van der Waals surface area contributed by atoms with Crippen molar-refractivity contribution >= 4 is 5.97 Å². The minimum atomic E-state index is -0.192. The Morgan fingerprint density at radius 2 is 2.25 bits per heavy atom. The van der Waals surface area contributed by atoms with E-state index in [-0.39, 0.29) is 17.5 Å². The van der Waals surface area contributed by atoms with Crippen molar-refractivity contribution in [2.24, 2.45) is 5.41 Å². The Bertz CT molecular complexity index is 204. The van der Waals surface area contributed by atoms with Crippen molar-refractivity contribution in [3.63, 3.8) is 0 Å². The first-order chi connectivity index (χ1) is 5.49. The van der Waals surface area contributed by atoms with E-state index in [0.717, 1.165) is 12.8 Å². The normalized spacial score (nSPS) is 26.8. The number of hydrogen-bond donors (Lipinski definition) is 0. The van der Waals surface area contributed by atoms with Crippen LogP contribution in [0.15, 0.2) is 12.2 Å². The van der Waals surface area contributed by atoms with Crippen LogP contribution < -0.4 is 0 Å². The van der Waals surface area contributed by atoms with E-state index in [4.69, 9.17) is 4.74 Å². The van der Waals surface area contributed by atoms with Gasteiger partial charge in [-0.25, -0.2) is 0 Å². The molecule has 0 bridgehead atoms. The summed E-state index contributed by atoms with van der Waals surface area (Å²) in [6, 6.07) is 0. The van der Waals surface area contributed by atoms with Gasteiger partial charge in [0.25, 0.3) is 0 Å². The highest BCUT2D eigenvalue weighted by Crippen LogP contribution is 2.32. The average Bonchev–Trinajstić information content (AvgIpc) is 1.82. The second-order valence-corrected chi connectivity index (χ2v) is 4.15. The van der Waals surface area contributed by atoms with Gasteiger partial charge in [-0.15, -0.1) is 0 Å². The summed E-state index contributed by atoms with van der Waals surface area (Å²) in [5, 5.41) is 0. The third kappa shape index (κ3) is 2.68. The van der Waals surface area contributed by atoms with Gasteiger partial charge in [-0.05, 0) is 24.3 Å². The highest BCUT2D eigenvalue weighted by Gasteiger charge is 2.25. The number of allylic oxidation sites excluding steroid dienone is 1. The van der Waals surface area contributed by atoms with E-state index < -0.39 is 0 Å². The van der Waals surface area contributed by atoms with Gasteiger partial charge in [0.1, 0.15) is 6.10 Å². The number of esters is 1. The zero-order valence-electron chi connectivity index (χ0n) is 7.96. The van der Waals surface area contributed by atoms with E-state index in [1.165, 1.54) is 6.92 Å². The molecule has 0 aromatic rings. The van der Waals surface area contributed by atoms with E-state index in [0.29, 0.717) is 0 Å². The minimum absolute atomic E-state index is 0.00810. The van der Waals surface area contributed by atoms with Gasteiger partial charge in [-0.1, -0.05) is 19.9 Å². The van der Waals surface area contributed by atoms with Crippen LogP contribution in [0, 0.1) is 5.41 Å². The fourth-order valence-electron chi connectivity index (χ4n) is 1.53. The molecule has 0 saturated heterocycles. The second kappa shape index (κ2) is 3.30. The lowest BCUT2D eigenvalue weighted by Crippen LogP contribution is -2.26. The summed E-state index contributed by atoms with van der Waals surface area (Å²) in [7, 11) is 0. The summed E-state index contributed by atoms with van der Waals surface area (Å²) in [4.78, 5) is 10.7. The van der Waals surface area contributed by atoms with Crippen LogP contribution >= 0.6 is 0 Å². The Morgan fingerprint density at radius 1 is 1.58 bits per heavy atom. The zero-order chi connectivity index (χ0) is 9.19. The molecule has 0 radical (unpaired) electrons. The first-order valence-corrected chi connectivity index (χ1v) is 4.33. The van der Waals surface area contributed by atoms with E-state index in [1.54, 1.807) is 0 Å². The number of carbonyl (C=O) groups is 1. The quantitative estimate of drug-likeness (QED) is 0.443. The van der Waals surface area contributed by atoms with E-state index >= 15 is 0 Å². The summed E-state index contributed by atoms with van der Waals surface area (Å²) < 4.78 is 5.10. The fourth-order valence-corrected chi connectivity index (χ4v) is 1.53. The minimum Gasteiger partial charge on any atom is -0.458 e. The third-order valence-corrected chi connectivity index (χ3v) is 2.09. The van der Waals surface area contributed by atoms with Crippen molar-refractivity contribution in [3.05, 3.63) is 12.2 Å². The standard InChI is InChI=1S/C10H16O2/c1-8(11)12-9-5-4-6-10(2,3)7-9/h4-5,9H,6-7H2,1-3H3/t9-/m1/s1. The molecule has 0 spiro atoms. The van der Waals surface area contributed by atoms with Gasteiger partial charge in [0, 0.05) is 6.92 Å². The van der Waals surface area contributed by atoms with Crippen LogP contribution in [0.5, 0.6) is 0 Å². The van der Waals surface area contributed by atoms with Crippen LogP contribution in [0.25, 0.3) is 0 Å². The molecule has 0 aliphatic heterocycles. The molecule has 0 amide bonds. The molecule has 0 saturated carbocycles. The largest absolute Gasteiger partial charge is 0.458 e. The van der Waals surface area contributed by atoms with Crippen molar-refractivity contribution in [3.8, 4) is 0 Å². The Balaban J connectivity index is 2.52. The van der Waals surface area contributed by atoms with Crippen LogP contribution in [0.3, 0.4) is 0 Å². The molecule has 1 aliphatic rings. The summed E-state index contributed by atoms with van der Waals surface area (Å²) in [6.07, 6.45) is 6.07. The maximum absolute atomic E-state index is 10.7. The molecule has 0 heterocycles. The van der Waals surface area contributed by atoms with Crippen molar-refractivity contribution in [1.82, 2.24) is 0 Å². The first kappa shape index (κ1) is 9.30. The Labute approximate surface area is 73.6 Å². The summed E-state index contributed by atoms with van der Waals surface area (Å²) in [6.45, 7) is 5.83. The van der Waals surface area contributed by atoms with Crippen molar-refractivity contribution in [2.75, 3.05) is 0 Å². The molecule has 0 aromatic carbocycles. The topological polar surface area (TPSA) is 26.3 Å². The van der Waals surface area contributed by atoms with Crippen LogP contribution in [-0.2, 0) is 9.53 Å². The lowest BCUT2D eigenvalue weighted by molar-refractivity contribution is -0.145.